The van der Waals surface area contributed by atoms with E-state index in [0.29, 0.717) is 19.3 Å². The third-order valence-electron chi connectivity index (χ3n) is 5.92. The molecule has 0 spiro atoms. The maximum absolute atomic E-state index is 10.7. The molecule has 5 heteroatoms. The van der Waals surface area contributed by atoms with E-state index in [0.717, 1.165) is 44.9 Å². The Bertz CT molecular complexity index is 469. The number of aliphatic hydroxyl groups is 3. The zero-order valence-electron chi connectivity index (χ0n) is 17.4. The number of aliphatic hydroxyl groups excluding tert-OH is 1. The fourth-order valence-corrected chi connectivity index (χ4v) is 4.27. The lowest BCUT2D eigenvalue weighted by atomic mass is 9.82. The molecule has 1 rings (SSSR count). The summed E-state index contributed by atoms with van der Waals surface area (Å²) in [5.74, 6) is -0.959. The van der Waals surface area contributed by atoms with Crippen molar-refractivity contribution in [2.45, 2.75) is 109 Å². The second-order valence-electron chi connectivity index (χ2n) is 8.84. The minimum atomic E-state index is -0.969. The van der Waals surface area contributed by atoms with Gasteiger partial charge >= 0.3 is 5.97 Å². The number of carboxylic acid groups (broad SMARTS) is 1. The highest BCUT2D eigenvalue weighted by molar-refractivity contribution is 5.66. The van der Waals surface area contributed by atoms with Crippen molar-refractivity contribution in [2.75, 3.05) is 0 Å². The summed E-state index contributed by atoms with van der Waals surface area (Å²) < 4.78 is 0. The monoisotopic (exact) mass is 384 g/mol. The first-order valence-corrected chi connectivity index (χ1v) is 10.6. The SMILES string of the molecule is CCCCCC(C)(O)/C=C/[C@@H]1[C@@H](CCCCCCC(=O)O)[C@@H](O)C[C@@]1(C)O. The molecule has 4 N–H and O–H groups in total. The summed E-state index contributed by atoms with van der Waals surface area (Å²) >= 11 is 0. The van der Waals surface area contributed by atoms with E-state index in [9.17, 15) is 20.1 Å². The highest BCUT2D eigenvalue weighted by Crippen LogP contribution is 2.44. The van der Waals surface area contributed by atoms with E-state index in [1.165, 1.54) is 0 Å². The van der Waals surface area contributed by atoms with Crippen LogP contribution in [0.2, 0.25) is 0 Å². The van der Waals surface area contributed by atoms with Crippen LogP contribution in [0.15, 0.2) is 12.2 Å². The average molecular weight is 385 g/mol. The number of hydrogen-bond acceptors (Lipinski definition) is 4. The van der Waals surface area contributed by atoms with Gasteiger partial charge in [-0.2, -0.15) is 0 Å². The van der Waals surface area contributed by atoms with Crippen molar-refractivity contribution in [1.29, 1.82) is 0 Å². The van der Waals surface area contributed by atoms with Crippen LogP contribution < -0.4 is 0 Å². The van der Waals surface area contributed by atoms with Crippen LogP contribution in [0.5, 0.6) is 0 Å². The lowest BCUT2D eigenvalue weighted by Crippen LogP contribution is -2.31. The number of hydrogen-bond donors (Lipinski definition) is 4. The largest absolute Gasteiger partial charge is 0.481 e. The Morgan fingerprint density at radius 3 is 2.48 bits per heavy atom. The van der Waals surface area contributed by atoms with Crippen LogP contribution in [0, 0.1) is 11.8 Å². The van der Waals surface area contributed by atoms with Crippen LogP contribution in [0.3, 0.4) is 0 Å². The molecule has 0 bridgehead atoms. The van der Waals surface area contributed by atoms with Gasteiger partial charge < -0.3 is 20.4 Å². The van der Waals surface area contributed by atoms with Crippen LogP contribution in [0.25, 0.3) is 0 Å². The molecule has 0 aromatic carbocycles. The van der Waals surface area contributed by atoms with E-state index in [-0.39, 0.29) is 18.3 Å². The van der Waals surface area contributed by atoms with E-state index in [1.54, 1.807) is 19.9 Å². The van der Waals surface area contributed by atoms with E-state index < -0.39 is 23.3 Å². The molecule has 1 aliphatic rings. The van der Waals surface area contributed by atoms with Gasteiger partial charge in [-0.1, -0.05) is 57.6 Å². The second kappa shape index (κ2) is 11.2. The molecular formula is C22H40O5. The Hall–Kier alpha value is -0.910. The molecule has 5 atom stereocenters. The van der Waals surface area contributed by atoms with Crippen molar-refractivity contribution < 1.29 is 25.2 Å². The van der Waals surface area contributed by atoms with Crippen molar-refractivity contribution in [3.63, 3.8) is 0 Å². The van der Waals surface area contributed by atoms with Crippen LogP contribution in [0.1, 0.15) is 91.4 Å². The number of carbonyl (C=O) groups is 1. The molecule has 1 aliphatic carbocycles. The van der Waals surface area contributed by atoms with Gasteiger partial charge in [-0.15, -0.1) is 0 Å². The minimum Gasteiger partial charge on any atom is -0.481 e. The average Bonchev–Trinajstić information content (AvgIpc) is 2.76. The van der Waals surface area contributed by atoms with Crippen LogP contribution in [0.4, 0.5) is 0 Å². The first-order valence-electron chi connectivity index (χ1n) is 10.6. The smallest absolute Gasteiger partial charge is 0.303 e. The zero-order valence-corrected chi connectivity index (χ0v) is 17.4. The van der Waals surface area contributed by atoms with Gasteiger partial charge in [0.25, 0.3) is 0 Å². The van der Waals surface area contributed by atoms with Crippen molar-refractivity contribution in [3.05, 3.63) is 12.2 Å². The Morgan fingerprint density at radius 1 is 1.19 bits per heavy atom. The normalized spacial score (nSPS) is 30.7. The summed E-state index contributed by atoms with van der Waals surface area (Å²) in [6, 6.07) is 0. The van der Waals surface area contributed by atoms with Crippen molar-refractivity contribution >= 4 is 5.97 Å². The first-order chi connectivity index (χ1) is 12.6. The van der Waals surface area contributed by atoms with Crippen molar-refractivity contribution in [2.24, 2.45) is 11.8 Å². The summed E-state index contributed by atoms with van der Waals surface area (Å²) in [5.41, 5.74) is -1.86. The highest BCUT2D eigenvalue weighted by Gasteiger charge is 2.47. The number of rotatable bonds is 13. The number of aliphatic carboxylic acids is 1. The Labute approximate surface area is 164 Å². The molecule has 0 aromatic heterocycles. The molecule has 0 aliphatic heterocycles. The number of unbranched alkanes of at least 4 members (excludes halogenated alkanes) is 5. The molecule has 1 unspecified atom stereocenters. The van der Waals surface area contributed by atoms with Crippen LogP contribution >= 0.6 is 0 Å². The van der Waals surface area contributed by atoms with E-state index in [4.69, 9.17) is 5.11 Å². The summed E-state index contributed by atoms with van der Waals surface area (Å²) in [6.07, 6.45) is 11.8. The van der Waals surface area contributed by atoms with Gasteiger partial charge in [-0.3, -0.25) is 4.79 Å². The van der Waals surface area contributed by atoms with Crippen molar-refractivity contribution in [3.8, 4) is 0 Å². The third-order valence-corrected chi connectivity index (χ3v) is 5.92. The Kier molecular flexibility index (Phi) is 9.99. The lowest BCUT2D eigenvalue weighted by molar-refractivity contribution is -0.137. The standard InChI is InChI=1S/C22H40O5/c1-4-5-10-14-21(2,26)15-13-18-17(19(23)16-22(18,3)27)11-8-6-7-9-12-20(24)25/h13,15,17-19,23,26-27H,4-12,14,16H2,1-3H3,(H,24,25)/b15-13+/t17-,18-,19+,21?,22-/m1/s1. The summed E-state index contributed by atoms with van der Waals surface area (Å²) in [7, 11) is 0. The van der Waals surface area contributed by atoms with Gasteiger partial charge in [0, 0.05) is 18.8 Å². The molecule has 158 valence electrons. The van der Waals surface area contributed by atoms with Gasteiger partial charge in [-0.05, 0) is 39.0 Å². The van der Waals surface area contributed by atoms with Gasteiger partial charge in [0.15, 0.2) is 0 Å². The molecule has 27 heavy (non-hydrogen) atoms. The summed E-state index contributed by atoms with van der Waals surface area (Å²) in [6.45, 7) is 5.70. The third kappa shape index (κ3) is 8.75. The second-order valence-corrected chi connectivity index (χ2v) is 8.84. The fraction of sp³-hybridized carbons (Fsp3) is 0.864. The zero-order chi connectivity index (χ0) is 20.5. The quantitative estimate of drug-likeness (QED) is 0.284. The fourth-order valence-electron chi connectivity index (χ4n) is 4.27. The summed E-state index contributed by atoms with van der Waals surface area (Å²) in [4.78, 5) is 10.5. The van der Waals surface area contributed by atoms with E-state index in [1.807, 2.05) is 6.08 Å². The van der Waals surface area contributed by atoms with Crippen LogP contribution in [-0.2, 0) is 4.79 Å². The van der Waals surface area contributed by atoms with Gasteiger partial charge in [0.05, 0.1) is 17.3 Å². The molecule has 0 aromatic rings. The predicted octanol–water partition coefficient (Wildman–Crippen LogP) is 4.05. The molecule has 0 amide bonds. The predicted molar refractivity (Wildman–Crippen MR) is 107 cm³/mol. The molecular weight excluding hydrogens is 344 g/mol. The molecule has 0 saturated heterocycles. The Balaban J connectivity index is 2.59. The van der Waals surface area contributed by atoms with Crippen molar-refractivity contribution in [1.82, 2.24) is 0 Å². The Morgan fingerprint density at radius 2 is 1.85 bits per heavy atom. The molecule has 1 fully saturated rings. The maximum atomic E-state index is 10.7. The van der Waals surface area contributed by atoms with Gasteiger partial charge in [-0.25, -0.2) is 0 Å². The molecule has 1 saturated carbocycles. The topological polar surface area (TPSA) is 98.0 Å². The van der Waals surface area contributed by atoms with Crippen LogP contribution in [-0.4, -0.2) is 43.7 Å². The molecule has 0 heterocycles. The summed E-state index contributed by atoms with van der Waals surface area (Å²) in [5, 5.41) is 40.4. The first kappa shape index (κ1) is 24.1. The van der Waals surface area contributed by atoms with Gasteiger partial charge in [0.2, 0.25) is 0 Å². The number of carboxylic acids is 1. The lowest BCUT2D eigenvalue weighted by Gasteiger charge is -2.28. The maximum Gasteiger partial charge on any atom is 0.303 e. The van der Waals surface area contributed by atoms with Gasteiger partial charge in [0.1, 0.15) is 0 Å². The molecule has 0 radical (unpaired) electrons. The van der Waals surface area contributed by atoms with E-state index in [2.05, 4.69) is 6.92 Å². The molecule has 5 nitrogen and oxygen atoms in total. The van der Waals surface area contributed by atoms with E-state index >= 15 is 0 Å². The minimum absolute atomic E-state index is 0.0258. The highest BCUT2D eigenvalue weighted by atomic mass is 16.4.